The summed E-state index contributed by atoms with van der Waals surface area (Å²) < 4.78 is 0. The third kappa shape index (κ3) is 2.44. The average molecular weight is 217 g/mol. The van der Waals surface area contributed by atoms with E-state index in [9.17, 15) is 10.1 Å². The quantitative estimate of drug-likeness (QED) is 0.571. The monoisotopic (exact) mass is 217 g/mol. The Kier molecular flexibility index (Phi) is 2.95. The fraction of sp³-hybridized carbons (Fsp3) is 0.182. The second-order valence-electron chi connectivity index (χ2n) is 3.45. The van der Waals surface area contributed by atoms with E-state index < -0.39 is 4.92 Å². The van der Waals surface area contributed by atoms with Crippen molar-refractivity contribution in [2.45, 2.75) is 6.54 Å². The molecule has 0 radical (unpaired) electrons. The largest absolute Gasteiger partial charge is 0.342 e. The predicted octanol–water partition coefficient (Wildman–Crippen LogP) is 1.65. The lowest BCUT2D eigenvalue weighted by molar-refractivity contribution is -0.404. The average Bonchev–Trinajstić information content (AvgIpc) is 2.66. The molecule has 1 aromatic rings. The molecule has 0 aliphatic carbocycles. The van der Waals surface area contributed by atoms with Crippen LogP contribution in [0.25, 0.3) is 0 Å². The van der Waals surface area contributed by atoms with Crippen molar-refractivity contribution in [3.8, 4) is 0 Å². The molecule has 0 saturated heterocycles. The Labute approximate surface area is 92.9 Å². The van der Waals surface area contributed by atoms with Crippen LogP contribution in [0.3, 0.4) is 0 Å². The van der Waals surface area contributed by atoms with Crippen LogP contribution in [0.15, 0.2) is 47.3 Å². The lowest BCUT2D eigenvalue weighted by atomic mass is 10.2. The zero-order valence-corrected chi connectivity index (χ0v) is 8.61. The van der Waals surface area contributed by atoms with Gasteiger partial charge in [0.15, 0.2) is 5.82 Å². The van der Waals surface area contributed by atoms with Gasteiger partial charge in [0.2, 0.25) is 0 Å². The van der Waals surface area contributed by atoms with Crippen molar-refractivity contribution in [1.29, 1.82) is 0 Å². The van der Waals surface area contributed by atoms with E-state index in [1.54, 1.807) is 6.21 Å². The van der Waals surface area contributed by atoms with Crippen LogP contribution in [0.5, 0.6) is 0 Å². The minimum atomic E-state index is -0.476. The van der Waals surface area contributed by atoms with Crippen LogP contribution in [0.2, 0.25) is 0 Å². The highest BCUT2D eigenvalue weighted by Gasteiger charge is 2.16. The van der Waals surface area contributed by atoms with Gasteiger partial charge in [-0.25, -0.2) is 4.99 Å². The smallest absolute Gasteiger partial charge is 0.276 e. The first-order valence-electron chi connectivity index (χ1n) is 4.92. The third-order valence-electron chi connectivity index (χ3n) is 2.29. The summed E-state index contributed by atoms with van der Waals surface area (Å²) in [4.78, 5) is 15.7. The maximum Gasteiger partial charge on any atom is 0.276 e. The molecule has 0 saturated carbocycles. The Morgan fingerprint density at radius 1 is 1.44 bits per heavy atom. The van der Waals surface area contributed by atoms with Gasteiger partial charge < -0.3 is 4.90 Å². The van der Waals surface area contributed by atoms with Gasteiger partial charge in [-0.3, -0.25) is 10.1 Å². The highest BCUT2D eigenvalue weighted by Crippen LogP contribution is 2.15. The molecule has 0 spiro atoms. The summed E-state index contributed by atoms with van der Waals surface area (Å²) in [5, 5.41) is 10.4. The van der Waals surface area contributed by atoms with Gasteiger partial charge in [-0.2, -0.15) is 0 Å². The Hall–Kier alpha value is -2.17. The minimum absolute atomic E-state index is 0.411. The summed E-state index contributed by atoms with van der Waals surface area (Å²) >= 11 is 0. The van der Waals surface area contributed by atoms with Gasteiger partial charge >= 0.3 is 0 Å². The zero-order valence-electron chi connectivity index (χ0n) is 8.61. The Balaban J connectivity index is 2.09. The number of aliphatic imine (C=N–C) groups is 1. The molecule has 5 heteroatoms. The molecule has 82 valence electrons. The molecule has 0 aromatic heterocycles. The topological polar surface area (TPSA) is 58.7 Å². The number of benzene rings is 1. The zero-order chi connectivity index (χ0) is 11.4. The standard InChI is InChI=1S/C11H11N3O2/c15-14(16)9-11-12-6-7-13(11)8-10-4-2-1-3-5-10/h1-6,9H,7-8H2. The summed E-state index contributed by atoms with van der Waals surface area (Å²) in [6, 6.07) is 9.81. The van der Waals surface area contributed by atoms with Crippen molar-refractivity contribution in [2.24, 2.45) is 4.99 Å². The van der Waals surface area contributed by atoms with Crippen molar-refractivity contribution in [3.63, 3.8) is 0 Å². The fourth-order valence-corrected chi connectivity index (χ4v) is 1.57. The SMILES string of the molecule is O=[N+]([O-])C=C1N=CCN1Cc1ccccc1. The van der Waals surface area contributed by atoms with Gasteiger partial charge in [-0.1, -0.05) is 30.3 Å². The van der Waals surface area contributed by atoms with Crippen molar-refractivity contribution in [3.05, 3.63) is 58.0 Å². The number of hydrogen-bond acceptors (Lipinski definition) is 4. The fourth-order valence-electron chi connectivity index (χ4n) is 1.57. The van der Waals surface area contributed by atoms with E-state index in [2.05, 4.69) is 4.99 Å². The molecule has 16 heavy (non-hydrogen) atoms. The number of hydrogen-bond donors (Lipinski definition) is 0. The van der Waals surface area contributed by atoms with Gasteiger partial charge in [0, 0.05) is 12.8 Å². The van der Waals surface area contributed by atoms with Crippen molar-refractivity contribution in [1.82, 2.24) is 4.90 Å². The highest BCUT2D eigenvalue weighted by molar-refractivity contribution is 5.64. The number of rotatable bonds is 3. The molecule has 0 bridgehead atoms. The number of nitro groups is 1. The lowest BCUT2D eigenvalue weighted by Gasteiger charge is -2.16. The molecule has 0 atom stereocenters. The molecule has 0 fully saturated rings. The maximum absolute atomic E-state index is 10.4. The van der Waals surface area contributed by atoms with Gasteiger partial charge in [-0.15, -0.1) is 0 Å². The molecule has 2 rings (SSSR count). The van der Waals surface area contributed by atoms with Crippen LogP contribution in [-0.4, -0.2) is 22.6 Å². The Morgan fingerprint density at radius 2 is 2.19 bits per heavy atom. The first-order chi connectivity index (χ1) is 7.75. The summed E-state index contributed by atoms with van der Waals surface area (Å²) in [5.74, 6) is 0.411. The van der Waals surface area contributed by atoms with Crippen LogP contribution < -0.4 is 0 Å². The number of nitrogens with zero attached hydrogens (tertiary/aromatic N) is 3. The van der Waals surface area contributed by atoms with Crippen molar-refractivity contribution < 1.29 is 4.92 Å². The van der Waals surface area contributed by atoms with E-state index in [4.69, 9.17) is 0 Å². The van der Waals surface area contributed by atoms with E-state index in [-0.39, 0.29) is 0 Å². The van der Waals surface area contributed by atoms with Crippen LogP contribution in [-0.2, 0) is 6.54 Å². The van der Waals surface area contributed by atoms with E-state index in [0.29, 0.717) is 18.9 Å². The second-order valence-corrected chi connectivity index (χ2v) is 3.45. The molecular weight excluding hydrogens is 206 g/mol. The van der Waals surface area contributed by atoms with E-state index in [1.807, 2.05) is 35.2 Å². The van der Waals surface area contributed by atoms with Crippen LogP contribution in [0, 0.1) is 10.1 Å². The second kappa shape index (κ2) is 4.57. The van der Waals surface area contributed by atoms with Crippen LogP contribution in [0.4, 0.5) is 0 Å². The highest BCUT2D eigenvalue weighted by atomic mass is 16.6. The normalized spacial score (nSPS) is 17.0. The lowest BCUT2D eigenvalue weighted by Crippen LogP contribution is -2.19. The van der Waals surface area contributed by atoms with E-state index in [1.165, 1.54) is 0 Å². The maximum atomic E-state index is 10.4. The molecule has 1 heterocycles. The van der Waals surface area contributed by atoms with Crippen LogP contribution >= 0.6 is 0 Å². The van der Waals surface area contributed by atoms with Gasteiger partial charge in [0.25, 0.3) is 6.20 Å². The Bertz CT molecular complexity index is 440. The molecule has 1 aliphatic rings. The molecule has 0 N–H and O–H groups in total. The summed E-state index contributed by atoms with van der Waals surface area (Å²) in [6.07, 6.45) is 2.62. The molecule has 1 aliphatic heterocycles. The summed E-state index contributed by atoms with van der Waals surface area (Å²) in [6.45, 7) is 1.26. The predicted molar refractivity (Wildman–Crippen MR) is 60.4 cm³/mol. The summed E-state index contributed by atoms with van der Waals surface area (Å²) in [5.41, 5.74) is 1.11. The molecule has 1 aromatic carbocycles. The first kappa shape index (κ1) is 10.4. The molecule has 0 amide bonds. The van der Waals surface area contributed by atoms with E-state index >= 15 is 0 Å². The van der Waals surface area contributed by atoms with Gasteiger partial charge in [-0.05, 0) is 5.56 Å². The van der Waals surface area contributed by atoms with Crippen LogP contribution in [0.1, 0.15) is 5.56 Å². The Morgan fingerprint density at radius 3 is 2.88 bits per heavy atom. The molecule has 5 nitrogen and oxygen atoms in total. The summed E-state index contributed by atoms with van der Waals surface area (Å²) in [7, 11) is 0. The van der Waals surface area contributed by atoms with E-state index in [0.717, 1.165) is 11.8 Å². The molecule has 0 unspecified atom stereocenters. The van der Waals surface area contributed by atoms with Gasteiger partial charge in [0.1, 0.15) is 0 Å². The van der Waals surface area contributed by atoms with Crippen molar-refractivity contribution >= 4 is 6.21 Å². The first-order valence-corrected chi connectivity index (χ1v) is 4.92. The molecular formula is C11H11N3O2. The van der Waals surface area contributed by atoms with Gasteiger partial charge in [0.05, 0.1) is 11.5 Å². The van der Waals surface area contributed by atoms with Crippen molar-refractivity contribution in [2.75, 3.05) is 6.54 Å². The third-order valence-corrected chi connectivity index (χ3v) is 2.29. The minimum Gasteiger partial charge on any atom is -0.342 e.